The Kier molecular flexibility index (Phi) is 16.0. The molecule has 2 aliphatic rings. The number of para-hydroxylation sites is 2. The zero-order valence-corrected chi connectivity index (χ0v) is 42.9. The van der Waals surface area contributed by atoms with Gasteiger partial charge in [-0.1, -0.05) is 72.9 Å². The second kappa shape index (κ2) is 23.1. The molecule has 73 heavy (non-hydrogen) atoms. The summed E-state index contributed by atoms with van der Waals surface area (Å²) in [5.41, 5.74) is 8.25. The summed E-state index contributed by atoms with van der Waals surface area (Å²) >= 11 is 3.00. The molecule has 0 spiro atoms. The highest BCUT2D eigenvalue weighted by molar-refractivity contribution is 7.18. The fourth-order valence-electron chi connectivity index (χ4n) is 8.27. The first-order valence-corrected chi connectivity index (χ1v) is 25.8. The summed E-state index contributed by atoms with van der Waals surface area (Å²) in [5, 5.41) is 11.6. The van der Waals surface area contributed by atoms with E-state index in [2.05, 4.69) is 84.0 Å². The number of halogens is 2. The molecule has 0 saturated heterocycles. The van der Waals surface area contributed by atoms with Crippen molar-refractivity contribution in [3.8, 4) is 0 Å². The number of benzene rings is 2. The van der Waals surface area contributed by atoms with Crippen molar-refractivity contribution in [2.24, 2.45) is 21.8 Å². The molecule has 0 radical (unpaired) electrons. The van der Waals surface area contributed by atoms with Gasteiger partial charge in [-0.15, -0.1) is 0 Å². The highest BCUT2D eigenvalue weighted by Crippen LogP contribution is 2.31. The Balaban J connectivity index is 0.000000183. The lowest BCUT2D eigenvalue weighted by molar-refractivity contribution is 0.0240. The number of nitrogens with zero attached hydrogens (tertiary/aromatic N) is 11. The van der Waals surface area contributed by atoms with E-state index in [-0.39, 0.29) is 36.7 Å². The molecule has 0 aliphatic carbocycles. The summed E-state index contributed by atoms with van der Waals surface area (Å²) in [6, 6.07) is 22.4. The number of aliphatic imine (C=N–C) groups is 2. The summed E-state index contributed by atoms with van der Waals surface area (Å²) in [5.74, 6) is 0.803. The molecule has 2 aromatic carbocycles. The smallest absolute Gasteiger partial charge is 0.410 e. The molecule has 1 amide bonds. The molecule has 2 atom stereocenters. The molecule has 2 unspecified atom stereocenters. The van der Waals surface area contributed by atoms with Crippen LogP contribution < -0.4 is 16.0 Å². The van der Waals surface area contributed by atoms with Crippen LogP contribution in [0.25, 0.3) is 20.7 Å². The number of amides is 1. The predicted molar refractivity (Wildman–Crippen MR) is 284 cm³/mol. The first kappa shape index (κ1) is 50.6. The third-order valence-electron chi connectivity index (χ3n) is 12.1. The van der Waals surface area contributed by atoms with Gasteiger partial charge in [-0.25, -0.2) is 43.5 Å². The maximum atomic E-state index is 14.0. The number of carbonyl (C=O) groups is 1. The van der Waals surface area contributed by atoms with Gasteiger partial charge >= 0.3 is 6.09 Å². The van der Waals surface area contributed by atoms with E-state index in [1.54, 1.807) is 40.8 Å². The van der Waals surface area contributed by atoms with Crippen LogP contribution >= 0.6 is 22.7 Å². The summed E-state index contributed by atoms with van der Waals surface area (Å²) in [4.78, 5) is 61.0. The van der Waals surface area contributed by atoms with Crippen molar-refractivity contribution >= 4 is 83.9 Å². The highest BCUT2D eigenvalue weighted by atomic mass is 32.1. The van der Waals surface area contributed by atoms with Gasteiger partial charge in [0.15, 0.2) is 11.6 Å². The number of fused-ring (bicyclic) bond motifs is 4. The van der Waals surface area contributed by atoms with Crippen molar-refractivity contribution in [3.05, 3.63) is 142 Å². The number of aromatic nitrogens is 8. The normalized spacial score (nSPS) is 13.6. The van der Waals surface area contributed by atoms with Crippen LogP contribution in [0.1, 0.15) is 67.1 Å². The van der Waals surface area contributed by atoms with E-state index in [1.165, 1.54) is 53.0 Å². The monoisotopic (exact) mass is 1020 g/mol. The molecule has 0 saturated carbocycles. The van der Waals surface area contributed by atoms with Gasteiger partial charge < -0.3 is 25.6 Å². The standard InChI is InChI=1S/C29H32FN7O2S.C24H24FN7S/c1-18(22-14-19-8-5-6-10-21(19)35-22)16-37(28(38)39-29(2,3)4)13-11-24-36-25-26(33-17-34-27(25)40-24)32-15-23-20(30)9-7-12-31-23;1-15(19-11-16-5-2-3-7-18(16)31-19)12-26-10-8-21-32-22-23(29-14-30-24(22)33-21)28-13-20-17(25)6-4-9-27-20/h5-10,12,17-18H,11,13-16H2,1-4H3,(H,32,33,34);2-7,9,14-15,26H,8,10-13H2,1H3,(H,28,29,30). The first-order chi connectivity index (χ1) is 35.3. The van der Waals surface area contributed by atoms with Crippen molar-refractivity contribution in [2.75, 3.05) is 36.8 Å². The van der Waals surface area contributed by atoms with E-state index < -0.39 is 5.60 Å². The van der Waals surface area contributed by atoms with Gasteiger partial charge in [-0.3, -0.25) is 20.0 Å². The molecule has 3 N–H and O–H groups in total. The number of rotatable bonds is 18. The second-order valence-corrected chi connectivity index (χ2v) is 20.9. The summed E-state index contributed by atoms with van der Waals surface area (Å²) in [7, 11) is 0. The van der Waals surface area contributed by atoms with E-state index >= 15 is 0 Å². The molecule has 376 valence electrons. The largest absolute Gasteiger partial charge is 0.444 e. The number of thiazole rings is 2. The van der Waals surface area contributed by atoms with Crippen molar-refractivity contribution in [1.29, 1.82) is 0 Å². The summed E-state index contributed by atoms with van der Waals surface area (Å²) in [6.45, 7) is 12.9. The van der Waals surface area contributed by atoms with Gasteiger partial charge in [0, 0.05) is 87.5 Å². The van der Waals surface area contributed by atoms with Gasteiger partial charge in [0.25, 0.3) is 0 Å². The van der Waals surface area contributed by atoms with Crippen LogP contribution in [0.2, 0.25) is 0 Å². The number of hydrogen-bond donors (Lipinski definition) is 3. The quantitative estimate of drug-likeness (QED) is 0.0688. The van der Waals surface area contributed by atoms with E-state index in [0.717, 1.165) is 64.3 Å². The average molecular weight is 1020 g/mol. The minimum absolute atomic E-state index is 0.0592. The molecule has 20 heteroatoms. The van der Waals surface area contributed by atoms with Crippen molar-refractivity contribution < 1.29 is 18.3 Å². The van der Waals surface area contributed by atoms with E-state index in [0.29, 0.717) is 64.3 Å². The number of nitrogens with one attached hydrogen (secondary N) is 3. The van der Waals surface area contributed by atoms with Crippen LogP contribution in [0.15, 0.2) is 108 Å². The Labute approximate surface area is 430 Å². The zero-order valence-electron chi connectivity index (χ0n) is 41.3. The average Bonchev–Trinajstić information content (AvgIpc) is 4.20. The number of anilines is 2. The van der Waals surface area contributed by atoms with Gasteiger partial charge in [-0.05, 0) is 68.3 Å². The fraction of sp³-hybridized carbons (Fsp3) is 0.340. The maximum Gasteiger partial charge on any atom is 0.410 e. The predicted octanol–water partition coefficient (Wildman–Crippen LogP) is 10.3. The Morgan fingerprint density at radius 2 is 1.21 bits per heavy atom. The van der Waals surface area contributed by atoms with Gasteiger partial charge in [0.2, 0.25) is 0 Å². The number of ether oxygens (including phenoxy) is 1. The Hall–Kier alpha value is -7.29. The summed E-state index contributed by atoms with van der Waals surface area (Å²) in [6.07, 6.45) is 8.76. The molecule has 8 aromatic rings. The zero-order chi connectivity index (χ0) is 50.9. The first-order valence-electron chi connectivity index (χ1n) is 24.2. The van der Waals surface area contributed by atoms with Crippen molar-refractivity contribution in [1.82, 2.24) is 50.1 Å². The lowest BCUT2D eigenvalue weighted by atomic mass is 10.00. The molecule has 0 fully saturated rings. The van der Waals surface area contributed by atoms with Crippen LogP contribution in [0.4, 0.5) is 36.6 Å². The molecule has 10 rings (SSSR count). The Morgan fingerprint density at radius 3 is 1.73 bits per heavy atom. The fourth-order valence-corrected chi connectivity index (χ4v) is 10.1. The molecular weight excluding hydrogens is 967 g/mol. The van der Waals surface area contributed by atoms with E-state index in [9.17, 15) is 13.6 Å². The summed E-state index contributed by atoms with van der Waals surface area (Å²) < 4.78 is 33.6. The molecule has 6 aromatic heterocycles. The van der Waals surface area contributed by atoms with E-state index in [1.807, 2.05) is 45.0 Å². The van der Waals surface area contributed by atoms with Crippen LogP contribution in [-0.2, 0) is 43.5 Å². The number of pyridine rings is 2. The lowest BCUT2D eigenvalue weighted by Crippen LogP contribution is -2.41. The molecule has 16 nitrogen and oxygen atoms in total. The number of hydrogen-bond acceptors (Lipinski definition) is 17. The Morgan fingerprint density at radius 1 is 0.685 bits per heavy atom. The van der Waals surface area contributed by atoms with Crippen LogP contribution in [0.5, 0.6) is 0 Å². The molecule has 2 aliphatic heterocycles. The van der Waals surface area contributed by atoms with Gasteiger partial charge in [0.1, 0.15) is 50.6 Å². The molecule has 8 heterocycles. The highest BCUT2D eigenvalue weighted by Gasteiger charge is 2.28. The second-order valence-electron chi connectivity index (χ2n) is 18.8. The SMILES string of the molecule is CC(CN(CCc1nc2c(NCc3ncccc3F)ncnc2s1)C(=O)OC(C)(C)C)C1=Nc2ccccc2C1.CC(CNCCc1nc2c(NCc3ncccc3F)ncnc2s1)C1=Nc2ccccc2C1. The van der Waals surface area contributed by atoms with Crippen molar-refractivity contribution in [3.63, 3.8) is 0 Å². The van der Waals surface area contributed by atoms with E-state index in [4.69, 9.17) is 24.7 Å². The molecule has 0 bridgehead atoms. The molecular formula is C53H56F2N14O2S2. The topological polar surface area (TPSA) is 193 Å². The Bertz CT molecular complexity index is 3280. The maximum absolute atomic E-state index is 14.0. The minimum atomic E-state index is -0.612. The third-order valence-corrected chi connectivity index (χ3v) is 14.1. The number of carbonyl (C=O) groups excluding carboxylic acids is 1. The minimum Gasteiger partial charge on any atom is -0.444 e. The lowest BCUT2D eigenvalue weighted by Gasteiger charge is -2.29. The van der Waals surface area contributed by atoms with Crippen molar-refractivity contribution in [2.45, 2.75) is 79.0 Å². The van der Waals surface area contributed by atoms with Crippen LogP contribution in [0.3, 0.4) is 0 Å². The van der Waals surface area contributed by atoms with Gasteiger partial charge in [-0.2, -0.15) is 0 Å². The van der Waals surface area contributed by atoms with Crippen LogP contribution in [0, 0.1) is 23.5 Å². The van der Waals surface area contributed by atoms with Gasteiger partial charge in [0.05, 0.1) is 45.9 Å². The van der Waals surface area contributed by atoms with Crippen LogP contribution in [-0.4, -0.2) is 94.1 Å². The third kappa shape index (κ3) is 13.0.